The molecule has 1 heterocycles. The molecule has 1 unspecified atom stereocenters. The van der Waals surface area contributed by atoms with Crippen molar-refractivity contribution >= 4 is 17.5 Å². The predicted octanol–water partition coefficient (Wildman–Crippen LogP) is 3.68. The van der Waals surface area contributed by atoms with E-state index in [1.54, 1.807) is 12.1 Å². The van der Waals surface area contributed by atoms with Crippen molar-refractivity contribution in [2.24, 2.45) is 5.92 Å². The first-order valence-electron chi connectivity index (χ1n) is 8.09. The molecule has 2 N–H and O–H groups in total. The highest BCUT2D eigenvalue weighted by Gasteiger charge is 2.23. The lowest BCUT2D eigenvalue weighted by Crippen LogP contribution is -2.44. The standard InChI is InChI=1S/C19H24N2O3/c1-12(2)10-16(21-19(23)17-6-5-9-24-17)18(22)20-15-8-7-13(3)14(4)11-15/h5-9,11-12,16H,10H2,1-4H3,(H,20,22)(H,21,23). The van der Waals surface area contributed by atoms with Crippen molar-refractivity contribution in [1.29, 1.82) is 0 Å². The predicted molar refractivity (Wildman–Crippen MR) is 94.0 cm³/mol. The monoisotopic (exact) mass is 328 g/mol. The molecule has 2 rings (SSSR count). The maximum Gasteiger partial charge on any atom is 0.287 e. The fourth-order valence-corrected chi connectivity index (χ4v) is 2.39. The highest BCUT2D eigenvalue weighted by atomic mass is 16.3. The minimum atomic E-state index is -0.621. The first-order chi connectivity index (χ1) is 11.4. The van der Waals surface area contributed by atoms with Crippen molar-refractivity contribution in [2.75, 3.05) is 5.32 Å². The van der Waals surface area contributed by atoms with E-state index in [2.05, 4.69) is 10.6 Å². The van der Waals surface area contributed by atoms with E-state index in [1.165, 1.54) is 6.26 Å². The van der Waals surface area contributed by atoms with Crippen LogP contribution in [0.15, 0.2) is 41.0 Å². The molecule has 128 valence electrons. The first kappa shape index (κ1) is 17.8. The molecule has 1 aromatic heterocycles. The molecule has 1 atom stereocenters. The van der Waals surface area contributed by atoms with Crippen molar-refractivity contribution in [3.8, 4) is 0 Å². The maximum atomic E-state index is 12.6. The van der Waals surface area contributed by atoms with Crippen LogP contribution in [-0.2, 0) is 4.79 Å². The normalized spacial score (nSPS) is 12.0. The molecule has 0 saturated heterocycles. The van der Waals surface area contributed by atoms with Gasteiger partial charge in [-0.2, -0.15) is 0 Å². The Morgan fingerprint density at radius 2 is 1.88 bits per heavy atom. The van der Waals surface area contributed by atoms with Gasteiger partial charge >= 0.3 is 0 Å². The Labute approximate surface area is 142 Å². The fraction of sp³-hybridized carbons (Fsp3) is 0.368. The number of hydrogen-bond acceptors (Lipinski definition) is 3. The van der Waals surface area contributed by atoms with Crippen LogP contribution in [0.3, 0.4) is 0 Å². The van der Waals surface area contributed by atoms with E-state index in [1.807, 2.05) is 45.9 Å². The molecule has 5 heteroatoms. The third-order valence-corrected chi connectivity index (χ3v) is 3.85. The summed E-state index contributed by atoms with van der Waals surface area (Å²) in [6.45, 7) is 8.03. The Balaban J connectivity index is 2.09. The molecular formula is C19H24N2O3. The number of rotatable bonds is 6. The lowest BCUT2D eigenvalue weighted by molar-refractivity contribution is -0.118. The van der Waals surface area contributed by atoms with Crippen molar-refractivity contribution < 1.29 is 14.0 Å². The zero-order chi connectivity index (χ0) is 17.7. The van der Waals surface area contributed by atoms with Crippen molar-refractivity contribution in [1.82, 2.24) is 5.32 Å². The summed E-state index contributed by atoms with van der Waals surface area (Å²) in [6.07, 6.45) is 1.98. The Kier molecular flexibility index (Phi) is 5.79. The molecule has 2 amide bonds. The average molecular weight is 328 g/mol. The Bertz CT molecular complexity index is 705. The highest BCUT2D eigenvalue weighted by Crippen LogP contribution is 2.16. The van der Waals surface area contributed by atoms with Gasteiger partial charge in [0.2, 0.25) is 5.91 Å². The molecule has 1 aromatic carbocycles. The number of carbonyl (C=O) groups is 2. The van der Waals surface area contributed by atoms with Gasteiger partial charge in [-0.05, 0) is 61.6 Å². The van der Waals surface area contributed by atoms with Crippen molar-refractivity contribution in [2.45, 2.75) is 40.2 Å². The number of carbonyl (C=O) groups excluding carboxylic acids is 2. The molecule has 2 aromatic rings. The molecule has 0 aliphatic heterocycles. The molecule has 0 fully saturated rings. The number of aryl methyl sites for hydroxylation is 2. The van der Waals surface area contributed by atoms with E-state index in [-0.39, 0.29) is 23.5 Å². The quantitative estimate of drug-likeness (QED) is 0.849. The van der Waals surface area contributed by atoms with Gasteiger partial charge in [-0.1, -0.05) is 19.9 Å². The van der Waals surface area contributed by atoms with Crippen LogP contribution in [0.1, 0.15) is 41.9 Å². The molecule has 0 spiro atoms. The summed E-state index contributed by atoms with van der Waals surface area (Å²) in [5.41, 5.74) is 3.00. The third kappa shape index (κ3) is 4.72. The van der Waals surface area contributed by atoms with Crippen LogP contribution in [0, 0.1) is 19.8 Å². The van der Waals surface area contributed by atoms with Crippen LogP contribution in [0.5, 0.6) is 0 Å². The zero-order valence-corrected chi connectivity index (χ0v) is 14.6. The second-order valence-corrected chi connectivity index (χ2v) is 6.42. The van der Waals surface area contributed by atoms with Crippen LogP contribution in [0.2, 0.25) is 0 Å². The maximum absolute atomic E-state index is 12.6. The smallest absolute Gasteiger partial charge is 0.287 e. The van der Waals surface area contributed by atoms with Crippen LogP contribution in [0.25, 0.3) is 0 Å². The molecule has 5 nitrogen and oxygen atoms in total. The number of anilines is 1. The van der Waals surface area contributed by atoms with Gasteiger partial charge in [0.1, 0.15) is 6.04 Å². The number of nitrogens with one attached hydrogen (secondary N) is 2. The lowest BCUT2D eigenvalue weighted by Gasteiger charge is -2.20. The second kappa shape index (κ2) is 7.81. The minimum Gasteiger partial charge on any atom is -0.459 e. The van der Waals surface area contributed by atoms with E-state index < -0.39 is 6.04 Å². The Morgan fingerprint density at radius 1 is 1.12 bits per heavy atom. The number of furan rings is 1. The van der Waals surface area contributed by atoms with Crippen molar-refractivity contribution in [3.63, 3.8) is 0 Å². The second-order valence-electron chi connectivity index (χ2n) is 6.42. The fourth-order valence-electron chi connectivity index (χ4n) is 2.39. The molecule has 0 radical (unpaired) electrons. The Hall–Kier alpha value is -2.56. The van der Waals surface area contributed by atoms with Crippen LogP contribution < -0.4 is 10.6 Å². The van der Waals surface area contributed by atoms with Crippen LogP contribution >= 0.6 is 0 Å². The van der Waals surface area contributed by atoms with Crippen LogP contribution in [-0.4, -0.2) is 17.9 Å². The van der Waals surface area contributed by atoms with Gasteiger partial charge in [-0.15, -0.1) is 0 Å². The highest BCUT2D eigenvalue weighted by molar-refractivity contribution is 6.00. The summed E-state index contributed by atoms with van der Waals surface area (Å²) in [5, 5.41) is 5.63. The van der Waals surface area contributed by atoms with Gasteiger partial charge in [0, 0.05) is 5.69 Å². The van der Waals surface area contributed by atoms with Gasteiger partial charge in [0.25, 0.3) is 5.91 Å². The third-order valence-electron chi connectivity index (χ3n) is 3.85. The van der Waals surface area contributed by atoms with Gasteiger partial charge in [0.15, 0.2) is 5.76 Å². The minimum absolute atomic E-state index is 0.197. The largest absolute Gasteiger partial charge is 0.459 e. The molecule has 0 saturated carbocycles. The number of benzene rings is 1. The van der Waals surface area contributed by atoms with Gasteiger partial charge < -0.3 is 15.1 Å². The van der Waals surface area contributed by atoms with E-state index in [0.29, 0.717) is 6.42 Å². The molecular weight excluding hydrogens is 304 g/mol. The number of amides is 2. The van der Waals surface area contributed by atoms with Crippen LogP contribution in [0.4, 0.5) is 5.69 Å². The molecule has 0 aliphatic carbocycles. The van der Waals surface area contributed by atoms with E-state index in [0.717, 1.165) is 16.8 Å². The lowest BCUT2D eigenvalue weighted by atomic mass is 10.0. The summed E-state index contributed by atoms with van der Waals surface area (Å²) >= 11 is 0. The number of hydrogen-bond donors (Lipinski definition) is 2. The molecule has 0 bridgehead atoms. The topological polar surface area (TPSA) is 71.3 Å². The summed E-state index contributed by atoms with van der Waals surface area (Å²) in [4.78, 5) is 24.8. The van der Waals surface area contributed by atoms with E-state index >= 15 is 0 Å². The molecule has 24 heavy (non-hydrogen) atoms. The average Bonchev–Trinajstić information content (AvgIpc) is 3.04. The molecule has 0 aliphatic rings. The van der Waals surface area contributed by atoms with Gasteiger partial charge in [-0.25, -0.2) is 0 Å². The van der Waals surface area contributed by atoms with Gasteiger partial charge in [-0.3, -0.25) is 9.59 Å². The SMILES string of the molecule is Cc1ccc(NC(=O)C(CC(C)C)NC(=O)c2ccco2)cc1C. The summed E-state index contributed by atoms with van der Waals surface area (Å²) < 4.78 is 5.08. The summed E-state index contributed by atoms with van der Waals surface area (Å²) in [5.74, 6) is -0.159. The van der Waals surface area contributed by atoms with Gasteiger partial charge in [0.05, 0.1) is 6.26 Å². The van der Waals surface area contributed by atoms with Crippen molar-refractivity contribution in [3.05, 3.63) is 53.5 Å². The summed E-state index contributed by atoms with van der Waals surface area (Å²) in [7, 11) is 0. The van der Waals surface area contributed by atoms with E-state index in [9.17, 15) is 9.59 Å². The summed E-state index contributed by atoms with van der Waals surface area (Å²) in [6, 6.07) is 8.34. The zero-order valence-electron chi connectivity index (χ0n) is 14.6. The first-order valence-corrected chi connectivity index (χ1v) is 8.09. The Morgan fingerprint density at radius 3 is 2.46 bits per heavy atom. The van der Waals surface area contributed by atoms with E-state index in [4.69, 9.17) is 4.42 Å².